The highest BCUT2D eigenvalue weighted by atomic mass is 16.2. The highest BCUT2D eigenvalue weighted by Crippen LogP contribution is 2.42. The van der Waals surface area contributed by atoms with Crippen molar-refractivity contribution < 1.29 is 9.59 Å². The lowest BCUT2D eigenvalue weighted by Gasteiger charge is -2.38. The molecular weight excluding hydrogens is 352 g/mol. The molecule has 6 heteroatoms. The minimum atomic E-state index is -0.268. The van der Waals surface area contributed by atoms with Gasteiger partial charge in [0.25, 0.3) is 0 Å². The molecule has 0 radical (unpaired) electrons. The average Bonchev–Trinajstić information content (AvgIpc) is 3.14. The molecule has 1 aromatic rings. The van der Waals surface area contributed by atoms with Crippen LogP contribution in [0.2, 0.25) is 0 Å². The molecule has 156 valence electrons. The Morgan fingerprint density at radius 3 is 2.39 bits per heavy atom. The van der Waals surface area contributed by atoms with Crippen LogP contribution in [0.25, 0.3) is 0 Å². The summed E-state index contributed by atoms with van der Waals surface area (Å²) in [5, 5.41) is 7.51. The van der Waals surface area contributed by atoms with E-state index in [0.29, 0.717) is 13.0 Å². The monoisotopic (exact) mass is 388 g/mol. The number of nitrogens with one attached hydrogen (secondary N) is 1. The third kappa shape index (κ3) is 4.76. The van der Waals surface area contributed by atoms with Crippen LogP contribution in [0.1, 0.15) is 83.7 Å². The molecule has 0 spiro atoms. The molecule has 1 saturated heterocycles. The number of hydrogen-bond acceptors (Lipinski definition) is 3. The van der Waals surface area contributed by atoms with E-state index in [1.807, 2.05) is 24.3 Å². The fraction of sp³-hybridized carbons (Fsp3) is 0.773. The Hall–Kier alpha value is -1.85. The zero-order chi connectivity index (χ0) is 20.3. The van der Waals surface area contributed by atoms with Gasteiger partial charge in [-0.1, -0.05) is 32.1 Å². The first-order valence-electron chi connectivity index (χ1n) is 10.9. The molecule has 3 rings (SSSR count). The molecule has 1 saturated carbocycles. The Morgan fingerprint density at radius 1 is 1.18 bits per heavy atom. The van der Waals surface area contributed by atoms with Crippen molar-refractivity contribution in [2.24, 2.45) is 18.9 Å². The van der Waals surface area contributed by atoms with Gasteiger partial charge in [0, 0.05) is 49.1 Å². The molecule has 0 unspecified atom stereocenters. The van der Waals surface area contributed by atoms with E-state index in [1.54, 1.807) is 4.68 Å². The largest absolute Gasteiger partial charge is 0.355 e. The highest BCUT2D eigenvalue weighted by Gasteiger charge is 2.46. The minimum absolute atomic E-state index is 0.0427. The second kappa shape index (κ2) is 8.66. The average molecular weight is 389 g/mol. The Labute approximate surface area is 169 Å². The Bertz CT molecular complexity index is 683. The zero-order valence-corrected chi connectivity index (χ0v) is 17.9. The summed E-state index contributed by atoms with van der Waals surface area (Å²) in [6, 6.07) is -0.0427. The maximum Gasteiger partial charge on any atom is 0.223 e. The van der Waals surface area contributed by atoms with Crippen LogP contribution in [0.15, 0.2) is 12.4 Å². The first-order valence-corrected chi connectivity index (χ1v) is 10.9. The standard InChI is InChI=1S/C22H36N4O2/c1-22(2,3)26-19(27)12-17(20(26)18-14-24-25(4)15-18)13-23-21(28)16-10-8-6-5-7-9-11-16/h14-17,20H,5-13H2,1-4H3,(H,23,28)/t17-,20+/m1/s1. The van der Waals surface area contributed by atoms with Gasteiger partial charge in [0.15, 0.2) is 0 Å². The molecule has 2 fully saturated rings. The summed E-state index contributed by atoms with van der Waals surface area (Å²) < 4.78 is 1.78. The molecule has 2 amide bonds. The van der Waals surface area contributed by atoms with Crippen LogP contribution in [0.5, 0.6) is 0 Å². The second-order valence-electron chi connectivity index (χ2n) is 9.58. The first kappa shape index (κ1) is 20.9. The SMILES string of the molecule is Cn1cc([C@@H]2[C@@H](CNC(=O)C3CCCCCCC3)CC(=O)N2C(C)(C)C)cn1. The van der Waals surface area contributed by atoms with E-state index in [-0.39, 0.29) is 35.2 Å². The van der Waals surface area contributed by atoms with Crippen LogP contribution in [-0.2, 0) is 16.6 Å². The van der Waals surface area contributed by atoms with Crippen molar-refractivity contribution in [3.63, 3.8) is 0 Å². The molecule has 1 aromatic heterocycles. The summed E-state index contributed by atoms with van der Waals surface area (Å²) in [5.74, 6) is 0.543. The summed E-state index contributed by atoms with van der Waals surface area (Å²) in [6.45, 7) is 6.77. The van der Waals surface area contributed by atoms with Gasteiger partial charge in [0.2, 0.25) is 11.8 Å². The van der Waals surface area contributed by atoms with Gasteiger partial charge in [-0.3, -0.25) is 14.3 Å². The van der Waals surface area contributed by atoms with Gasteiger partial charge in [-0.15, -0.1) is 0 Å². The van der Waals surface area contributed by atoms with Crippen LogP contribution < -0.4 is 5.32 Å². The number of nitrogens with zero attached hydrogens (tertiary/aromatic N) is 3. The van der Waals surface area contributed by atoms with Crippen LogP contribution in [0.4, 0.5) is 0 Å². The molecular formula is C22H36N4O2. The second-order valence-corrected chi connectivity index (χ2v) is 9.58. The van der Waals surface area contributed by atoms with E-state index < -0.39 is 0 Å². The summed E-state index contributed by atoms with van der Waals surface area (Å²) in [4.78, 5) is 27.6. The molecule has 1 aliphatic heterocycles. The van der Waals surface area contributed by atoms with Gasteiger partial charge in [0.05, 0.1) is 12.2 Å². The highest BCUT2D eigenvalue weighted by molar-refractivity contribution is 5.81. The maximum atomic E-state index is 12.8. The lowest BCUT2D eigenvalue weighted by atomic mass is 9.90. The van der Waals surface area contributed by atoms with Crippen molar-refractivity contribution in [3.05, 3.63) is 18.0 Å². The number of aromatic nitrogens is 2. The molecule has 0 bridgehead atoms. The Balaban J connectivity index is 1.70. The quantitative estimate of drug-likeness (QED) is 0.857. The van der Waals surface area contributed by atoms with Crippen LogP contribution in [-0.4, -0.2) is 38.6 Å². The van der Waals surface area contributed by atoms with Gasteiger partial charge in [0.1, 0.15) is 0 Å². The fourth-order valence-electron chi connectivity index (χ4n) is 4.88. The fourth-order valence-corrected chi connectivity index (χ4v) is 4.88. The number of carbonyl (C=O) groups is 2. The number of amides is 2. The van der Waals surface area contributed by atoms with Gasteiger partial charge >= 0.3 is 0 Å². The summed E-state index contributed by atoms with van der Waals surface area (Å²) >= 11 is 0. The number of carbonyl (C=O) groups excluding carboxylic acids is 2. The van der Waals surface area contributed by atoms with E-state index in [1.165, 1.54) is 19.3 Å². The number of aryl methyl sites for hydroxylation is 1. The van der Waals surface area contributed by atoms with Crippen LogP contribution in [0.3, 0.4) is 0 Å². The van der Waals surface area contributed by atoms with E-state index in [2.05, 4.69) is 31.2 Å². The van der Waals surface area contributed by atoms with E-state index >= 15 is 0 Å². The Kier molecular flexibility index (Phi) is 6.46. The van der Waals surface area contributed by atoms with Crippen LogP contribution in [0, 0.1) is 11.8 Å². The van der Waals surface area contributed by atoms with E-state index in [9.17, 15) is 9.59 Å². The molecule has 1 N–H and O–H groups in total. The lowest BCUT2D eigenvalue weighted by Crippen LogP contribution is -2.45. The minimum Gasteiger partial charge on any atom is -0.355 e. The number of rotatable bonds is 4. The third-order valence-corrected chi connectivity index (χ3v) is 6.23. The number of likely N-dealkylation sites (tertiary alicyclic amines) is 1. The van der Waals surface area contributed by atoms with Crippen molar-refractivity contribution >= 4 is 11.8 Å². The van der Waals surface area contributed by atoms with Gasteiger partial charge in [-0.25, -0.2) is 0 Å². The molecule has 1 aliphatic carbocycles. The molecule has 2 heterocycles. The molecule has 28 heavy (non-hydrogen) atoms. The molecule has 2 atom stereocenters. The van der Waals surface area contributed by atoms with Crippen molar-refractivity contribution in [1.82, 2.24) is 20.0 Å². The van der Waals surface area contributed by atoms with Crippen molar-refractivity contribution in [2.45, 2.75) is 83.7 Å². The number of hydrogen-bond donors (Lipinski definition) is 1. The van der Waals surface area contributed by atoms with Gasteiger partial charge < -0.3 is 10.2 Å². The van der Waals surface area contributed by atoms with Gasteiger partial charge in [-0.2, -0.15) is 5.10 Å². The predicted octanol–water partition coefficient (Wildman–Crippen LogP) is 3.58. The van der Waals surface area contributed by atoms with Crippen molar-refractivity contribution in [1.29, 1.82) is 0 Å². The zero-order valence-electron chi connectivity index (χ0n) is 17.9. The normalized spacial score (nSPS) is 24.9. The van der Waals surface area contributed by atoms with Crippen molar-refractivity contribution in [3.8, 4) is 0 Å². The summed E-state index contributed by atoms with van der Waals surface area (Å²) in [5.41, 5.74) is 0.782. The lowest BCUT2D eigenvalue weighted by molar-refractivity contribution is -0.133. The predicted molar refractivity (Wildman–Crippen MR) is 109 cm³/mol. The van der Waals surface area contributed by atoms with Gasteiger partial charge in [-0.05, 0) is 33.6 Å². The Morgan fingerprint density at radius 2 is 1.82 bits per heavy atom. The summed E-state index contributed by atoms with van der Waals surface area (Å²) in [6.07, 6.45) is 12.4. The third-order valence-electron chi connectivity index (χ3n) is 6.23. The first-order chi connectivity index (χ1) is 13.3. The smallest absolute Gasteiger partial charge is 0.223 e. The van der Waals surface area contributed by atoms with E-state index in [4.69, 9.17) is 0 Å². The van der Waals surface area contributed by atoms with Crippen LogP contribution >= 0.6 is 0 Å². The van der Waals surface area contributed by atoms with E-state index in [0.717, 1.165) is 31.2 Å². The topological polar surface area (TPSA) is 67.2 Å². The summed E-state index contributed by atoms with van der Waals surface area (Å²) in [7, 11) is 1.90. The molecule has 2 aliphatic rings. The maximum absolute atomic E-state index is 12.8. The molecule has 0 aromatic carbocycles. The van der Waals surface area contributed by atoms with Crippen molar-refractivity contribution in [2.75, 3.05) is 6.54 Å². The molecule has 6 nitrogen and oxygen atoms in total.